The summed E-state index contributed by atoms with van der Waals surface area (Å²) < 4.78 is 12.6. The van der Waals surface area contributed by atoms with Gasteiger partial charge in [0.05, 0.1) is 18.8 Å². The van der Waals surface area contributed by atoms with E-state index in [0.717, 1.165) is 16.9 Å². The van der Waals surface area contributed by atoms with E-state index in [-0.39, 0.29) is 24.9 Å². The number of aryl methyl sites for hydroxylation is 1. The maximum absolute atomic E-state index is 13.5. The number of ether oxygens (including phenoxy) is 2. The van der Waals surface area contributed by atoms with Crippen molar-refractivity contribution in [2.24, 2.45) is 0 Å². The van der Waals surface area contributed by atoms with Crippen LogP contribution in [0.4, 0.5) is 10.5 Å². The lowest BCUT2D eigenvalue weighted by Crippen LogP contribution is -2.56. The van der Waals surface area contributed by atoms with E-state index in [1.807, 2.05) is 56.3 Å². The summed E-state index contributed by atoms with van der Waals surface area (Å²) in [6.45, 7) is 5.17. The number of carbonyl (C=O) groups is 3. The smallest absolute Gasteiger partial charge is 0.494 e. The van der Waals surface area contributed by atoms with Gasteiger partial charge in [0.1, 0.15) is 30.4 Å². The number of nitrogens with zero attached hydrogens (tertiary/aromatic N) is 3. The van der Waals surface area contributed by atoms with E-state index in [1.165, 1.54) is 21.2 Å². The lowest BCUT2D eigenvalue weighted by Gasteiger charge is -2.30. The third-order valence-corrected chi connectivity index (χ3v) is 7.14. The lowest BCUT2D eigenvalue weighted by molar-refractivity contribution is -0.426. The Kier molecular flexibility index (Phi) is 6.34. The highest BCUT2D eigenvalue weighted by atomic mass is 32.2. The summed E-state index contributed by atoms with van der Waals surface area (Å²) in [7, 11) is 0. The van der Waals surface area contributed by atoms with Gasteiger partial charge in [0.2, 0.25) is 0 Å². The SMILES string of the molecule is CCOc1ccc(CN2C(=O)C3SC=CC3=[N+](CC(=O)N3CCOc4ccc(C)cc43)C2=O)cc1. The molecular formula is C26H26N3O5S+. The van der Waals surface area contributed by atoms with Crippen molar-refractivity contribution in [1.29, 1.82) is 0 Å². The number of benzene rings is 2. The first-order valence-corrected chi connectivity index (χ1v) is 12.5. The highest BCUT2D eigenvalue weighted by Gasteiger charge is 2.49. The molecule has 4 amide bonds. The van der Waals surface area contributed by atoms with E-state index in [0.29, 0.717) is 36.9 Å². The topological polar surface area (TPSA) is 79.2 Å². The molecule has 0 N–H and O–H groups in total. The standard InChI is InChI=1S/C26H26N3O5S/c1-3-33-19-7-5-18(6-8-19)15-29-25(31)24-20(10-13-35-24)28(26(29)32)16-23(30)27-11-12-34-22-9-4-17(2)14-21(22)27/h4-10,13-14,24H,3,11-12,15-16H2,1-2H3/q+1. The molecule has 0 aromatic heterocycles. The number of fused-ring (bicyclic) bond motifs is 2. The maximum Gasteiger partial charge on any atom is 0.501 e. The van der Waals surface area contributed by atoms with Gasteiger partial charge in [-0.05, 0) is 60.7 Å². The number of amides is 4. The Bertz CT molecular complexity index is 1250. The number of thioether (sulfide) groups is 1. The van der Waals surface area contributed by atoms with Crippen molar-refractivity contribution in [3.05, 3.63) is 65.1 Å². The highest BCUT2D eigenvalue weighted by Crippen LogP contribution is 2.33. The van der Waals surface area contributed by atoms with Crippen molar-refractivity contribution < 1.29 is 28.4 Å². The van der Waals surface area contributed by atoms with Gasteiger partial charge >= 0.3 is 11.9 Å². The Morgan fingerprint density at radius 3 is 2.77 bits per heavy atom. The molecule has 3 aliphatic rings. The monoisotopic (exact) mass is 492 g/mol. The van der Waals surface area contributed by atoms with Crippen LogP contribution in [0, 0.1) is 6.92 Å². The fourth-order valence-corrected chi connectivity index (χ4v) is 5.37. The molecule has 0 aliphatic carbocycles. The summed E-state index contributed by atoms with van der Waals surface area (Å²) in [5.41, 5.74) is 3.07. The van der Waals surface area contributed by atoms with Crippen molar-refractivity contribution in [3.8, 4) is 11.5 Å². The molecule has 3 aliphatic heterocycles. The number of allylic oxidation sites excluding steroid dienone is 1. The molecule has 35 heavy (non-hydrogen) atoms. The lowest BCUT2D eigenvalue weighted by atomic mass is 10.1. The van der Waals surface area contributed by atoms with E-state index in [2.05, 4.69) is 0 Å². The Balaban J connectivity index is 1.40. The number of hydrogen-bond acceptors (Lipinski definition) is 6. The van der Waals surface area contributed by atoms with Gasteiger partial charge in [-0.25, -0.2) is 4.79 Å². The maximum atomic E-state index is 13.5. The van der Waals surface area contributed by atoms with Crippen molar-refractivity contribution in [1.82, 2.24) is 4.90 Å². The Labute approximate surface area is 207 Å². The van der Waals surface area contributed by atoms with E-state index in [4.69, 9.17) is 9.47 Å². The summed E-state index contributed by atoms with van der Waals surface area (Å²) in [4.78, 5) is 43.0. The minimum absolute atomic E-state index is 0.124. The summed E-state index contributed by atoms with van der Waals surface area (Å²) in [6.07, 6.45) is 1.75. The Morgan fingerprint density at radius 2 is 2.00 bits per heavy atom. The fraction of sp³-hybridized carbons (Fsp3) is 0.308. The predicted octanol–water partition coefficient (Wildman–Crippen LogP) is 3.36. The number of urea groups is 1. The van der Waals surface area contributed by atoms with Crippen molar-refractivity contribution in [3.63, 3.8) is 0 Å². The van der Waals surface area contributed by atoms with Crippen molar-refractivity contribution >= 4 is 41.0 Å². The first-order valence-electron chi connectivity index (χ1n) is 11.5. The fourth-order valence-electron chi connectivity index (χ4n) is 4.41. The molecule has 5 rings (SSSR count). The molecule has 2 aromatic carbocycles. The van der Waals surface area contributed by atoms with E-state index in [9.17, 15) is 14.4 Å². The van der Waals surface area contributed by atoms with Crippen LogP contribution in [0.15, 0.2) is 53.9 Å². The zero-order valence-corrected chi connectivity index (χ0v) is 20.4. The second-order valence-electron chi connectivity index (χ2n) is 8.48. The molecule has 8 nitrogen and oxygen atoms in total. The van der Waals surface area contributed by atoms with Crippen LogP contribution < -0.4 is 14.4 Å². The minimum Gasteiger partial charge on any atom is -0.494 e. The Morgan fingerprint density at radius 1 is 1.20 bits per heavy atom. The zero-order chi connectivity index (χ0) is 24.5. The average Bonchev–Trinajstić information content (AvgIpc) is 3.35. The Hall–Kier alpha value is -3.59. The second kappa shape index (κ2) is 9.58. The molecular weight excluding hydrogens is 466 g/mol. The third kappa shape index (κ3) is 4.43. The van der Waals surface area contributed by atoms with Crippen LogP contribution in [0.3, 0.4) is 0 Å². The minimum atomic E-state index is -0.539. The highest BCUT2D eigenvalue weighted by molar-refractivity contribution is 8.04. The summed E-state index contributed by atoms with van der Waals surface area (Å²) in [6, 6.07) is 12.5. The third-order valence-electron chi connectivity index (χ3n) is 6.13. The van der Waals surface area contributed by atoms with Crippen LogP contribution in [-0.2, 0) is 16.1 Å². The number of rotatable bonds is 6. The van der Waals surface area contributed by atoms with Crippen LogP contribution in [0.5, 0.6) is 11.5 Å². The zero-order valence-electron chi connectivity index (χ0n) is 19.6. The quantitative estimate of drug-likeness (QED) is 0.576. The first-order chi connectivity index (χ1) is 17.0. The molecule has 2 aromatic rings. The molecule has 1 unspecified atom stereocenters. The largest absolute Gasteiger partial charge is 0.501 e. The van der Waals surface area contributed by atoms with E-state index >= 15 is 0 Å². The molecule has 0 spiro atoms. The van der Waals surface area contributed by atoms with Crippen LogP contribution >= 0.6 is 11.8 Å². The molecule has 0 radical (unpaired) electrons. The number of anilines is 1. The molecule has 9 heteroatoms. The van der Waals surface area contributed by atoms with Crippen LogP contribution in [0.1, 0.15) is 18.1 Å². The van der Waals surface area contributed by atoms with Crippen LogP contribution in [0.2, 0.25) is 0 Å². The normalized spacial score (nSPS) is 19.0. The molecule has 180 valence electrons. The van der Waals surface area contributed by atoms with Gasteiger partial charge in [-0.15, -0.1) is 11.8 Å². The molecule has 0 saturated carbocycles. The molecule has 0 saturated heterocycles. The molecule has 0 fully saturated rings. The van der Waals surface area contributed by atoms with Crippen LogP contribution in [-0.4, -0.2) is 64.6 Å². The van der Waals surface area contributed by atoms with Gasteiger partial charge in [0.15, 0.2) is 11.8 Å². The van der Waals surface area contributed by atoms with Gasteiger partial charge in [-0.3, -0.25) is 4.79 Å². The van der Waals surface area contributed by atoms with E-state index in [1.54, 1.807) is 16.4 Å². The first kappa shape index (κ1) is 23.2. The van der Waals surface area contributed by atoms with Gasteiger partial charge in [-0.1, -0.05) is 18.2 Å². The summed E-state index contributed by atoms with van der Waals surface area (Å²) >= 11 is 1.35. The predicted molar refractivity (Wildman–Crippen MR) is 133 cm³/mol. The van der Waals surface area contributed by atoms with Crippen molar-refractivity contribution in [2.75, 3.05) is 31.2 Å². The van der Waals surface area contributed by atoms with Gasteiger partial charge < -0.3 is 14.4 Å². The van der Waals surface area contributed by atoms with Gasteiger partial charge in [-0.2, -0.15) is 14.3 Å². The van der Waals surface area contributed by atoms with Crippen molar-refractivity contribution in [2.45, 2.75) is 25.6 Å². The molecule has 1 atom stereocenters. The van der Waals surface area contributed by atoms with Crippen LogP contribution in [0.25, 0.3) is 0 Å². The second-order valence-corrected chi connectivity index (χ2v) is 9.49. The average molecular weight is 493 g/mol. The molecule has 0 bridgehead atoms. The number of hydrogen-bond donors (Lipinski definition) is 0. The molecule has 3 heterocycles. The summed E-state index contributed by atoms with van der Waals surface area (Å²) in [5.74, 6) is 0.881. The van der Waals surface area contributed by atoms with E-state index < -0.39 is 11.3 Å². The number of imide groups is 1. The number of carbonyl (C=O) groups excluding carboxylic acids is 3. The van der Waals surface area contributed by atoms with Gasteiger partial charge in [0, 0.05) is 0 Å². The van der Waals surface area contributed by atoms with Gasteiger partial charge in [0.25, 0.3) is 5.91 Å². The summed E-state index contributed by atoms with van der Waals surface area (Å²) in [5, 5.41) is 1.26.